The third kappa shape index (κ3) is 2.32. The van der Waals surface area contributed by atoms with Gasteiger partial charge in [-0.05, 0) is 13.8 Å². The molecule has 4 heteroatoms. The number of hydrogen-bond acceptors (Lipinski definition) is 2. The standard InChI is InChI=1S/C6H8BrNS.BrH/c1-4-5(2)9-6(3-7)8-4;/h3H2,1-2H3;1H. The monoisotopic (exact) mass is 285 g/mol. The third-order valence-electron chi connectivity index (χ3n) is 1.19. The Hall–Kier alpha value is 0.590. The molecule has 1 aromatic heterocycles. The molecule has 0 aromatic carbocycles. The molecule has 0 unspecified atom stereocenters. The van der Waals surface area contributed by atoms with Crippen LogP contribution >= 0.6 is 44.2 Å². The molecule has 0 bridgehead atoms. The summed E-state index contributed by atoms with van der Waals surface area (Å²) >= 11 is 5.11. The molecular formula is C6H9Br2NS. The van der Waals surface area contributed by atoms with E-state index in [0.29, 0.717) is 0 Å². The fourth-order valence-electron chi connectivity index (χ4n) is 0.596. The lowest BCUT2D eigenvalue weighted by atomic mass is 10.4. The van der Waals surface area contributed by atoms with E-state index < -0.39 is 0 Å². The van der Waals surface area contributed by atoms with Crippen molar-refractivity contribution in [3.63, 3.8) is 0 Å². The molecule has 0 aliphatic rings. The zero-order valence-electron chi connectivity index (χ0n) is 5.85. The summed E-state index contributed by atoms with van der Waals surface area (Å²) in [6.07, 6.45) is 0. The van der Waals surface area contributed by atoms with Crippen molar-refractivity contribution in [2.45, 2.75) is 19.2 Å². The van der Waals surface area contributed by atoms with Crippen LogP contribution in [-0.4, -0.2) is 4.98 Å². The van der Waals surface area contributed by atoms with E-state index in [0.717, 1.165) is 11.0 Å². The summed E-state index contributed by atoms with van der Waals surface area (Å²) in [6, 6.07) is 0. The first-order chi connectivity index (χ1) is 4.24. The number of aryl methyl sites for hydroxylation is 2. The predicted molar refractivity (Wildman–Crippen MR) is 54.5 cm³/mol. The highest BCUT2D eigenvalue weighted by molar-refractivity contribution is 9.08. The van der Waals surface area contributed by atoms with E-state index in [2.05, 4.69) is 27.8 Å². The highest BCUT2D eigenvalue weighted by atomic mass is 79.9. The zero-order valence-corrected chi connectivity index (χ0v) is 9.96. The van der Waals surface area contributed by atoms with Crippen molar-refractivity contribution in [2.75, 3.05) is 0 Å². The van der Waals surface area contributed by atoms with Gasteiger partial charge >= 0.3 is 0 Å². The van der Waals surface area contributed by atoms with Crippen LogP contribution in [0.1, 0.15) is 15.6 Å². The lowest BCUT2D eigenvalue weighted by Crippen LogP contribution is -1.74. The summed E-state index contributed by atoms with van der Waals surface area (Å²) in [6.45, 7) is 4.14. The lowest BCUT2D eigenvalue weighted by molar-refractivity contribution is 1.17. The van der Waals surface area contributed by atoms with Crippen molar-refractivity contribution < 1.29 is 0 Å². The smallest absolute Gasteiger partial charge is 0.104 e. The van der Waals surface area contributed by atoms with E-state index in [9.17, 15) is 0 Å². The second-order valence-corrected chi connectivity index (χ2v) is 3.73. The Kier molecular flexibility index (Phi) is 4.73. The van der Waals surface area contributed by atoms with Crippen molar-refractivity contribution in [3.8, 4) is 0 Å². The van der Waals surface area contributed by atoms with Gasteiger partial charge in [-0.1, -0.05) is 15.9 Å². The number of aromatic nitrogens is 1. The number of halogens is 2. The molecule has 0 atom stereocenters. The van der Waals surface area contributed by atoms with E-state index in [1.807, 2.05) is 6.92 Å². The minimum Gasteiger partial charge on any atom is -0.245 e. The van der Waals surface area contributed by atoms with Crippen LogP contribution in [0, 0.1) is 13.8 Å². The van der Waals surface area contributed by atoms with Gasteiger partial charge in [0.05, 0.1) is 11.0 Å². The minimum absolute atomic E-state index is 0. The lowest BCUT2D eigenvalue weighted by Gasteiger charge is -1.78. The summed E-state index contributed by atoms with van der Waals surface area (Å²) in [4.78, 5) is 5.62. The molecule has 0 saturated heterocycles. The van der Waals surface area contributed by atoms with Crippen molar-refractivity contribution in [3.05, 3.63) is 15.6 Å². The van der Waals surface area contributed by atoms with Gasteiger partial charge in [-0.2, -0.15) is 0 Å². The van der Waals surface area contributed by atoms with Crippen LogP contribution in [0.15, 0.2) is 0 Å². The largest absolute Gasteiger partial charge is 0.245 e. The van der Waals surface area contributed by atoms with Gasteiger partial charge in [0, 0.05) is 4.88 Å². The average Bonchev–Trinajstić information content (AvgIpc) is 2.13. The van der Waals surface area contributed by atoms with E-state index >= 15 is 0 Å². The van der Waals surface area contributed by atoms with Gasteiger partial charge < -0.3 is 0 Å². The Labute approximate surface area is 83.8 Å². The Balaban J connectivity index is 0.000000810. The summed E-state index contributed by atoms with van der Waals surface area (Å²) in [5.41, 5.74) is 1.16. The fraction of sp³-hybridized carbons (Fsp3) is 0.500. The molecule has 0 radical (unpaired) electrons. The molecule has 10 heavy (non-hydrogen) atoms. The second kappa shape index (κ2) is 4.46. The zero-order chi connectivity index (χ0) is 6.85. The molecule has 1 rings (SSSR count). The SMILES string of the molecule is Br.Cc1nc(CBr)sc1C. The molecule has 58 valence electrons. The molecular weight excluding hydrogens is 278 g/mol. The average molecular weight is 287 g/mol. The number of nitrogens with zero attached hydrogens (tertiary/aromatic N) is 1. The molecule has 0 N–H and O–H groups in total. The number of hydrogen-bond donors (Lipinski definition) is 0. The molecule has 1 nitrogen and oxygen atoms in total. The van der Waals surface area contributed by atoms with Crippen molar-refractivity contribution >= 4 is 44.2 Å². The maximum atomic E-state index is 4.30. The molecule has 0 saturated carbocycles. The van der Waals surface area contributed by atoms with E-state index in [1.54, 1.807) is 11.3 Å². The van der Waals surface area contributed by atoms with Crippen LogP contribution < -0.4 is 0 Å². The van der Waals surface area contributed by atoms with E-state index in [-0.39, 0.29) is 17.0 Å². The van der Waals surface area contributed by atoms with Gasteiger partial charge in [0.15, 0.2) is 0 Å². The first kappa shape index (κ1) is 10.6. The van der Waals surface area contributed by atoms with E-state index in [1.165, 1.54) is 9.88 Å². The Morgan fingerprint density at radius 2 is 2.10 bits per heavy atom. The summed E-state index contributed by atoms with van der Waals surface area (Å²) in [5.74, 6) is 0. The Morgan fingerprint density at radius 3 is 2.30 bits per heavy atom. The van der Waals surface area contributed by atoms with Gasteiger partial charge in [0.2, 0.25) is 0 Å². The molecule has 1 aromatic rings. The van der Waals surface area contributed by atoms with Gasteiger partial charge in [-0.25, -0.2) is 4.98 Å². The molecule has 0 fully saturated rings. The summed E-state index contributed by atoms with van der Waals surface area (Å²) in [7, 11) is 0. The molecule has 1 heterocycles. The second-order valence-electron chi connectivity index (χ2n) is 1.88. The Morgan fingerprint density at radius 1 is 1.50 bits per heavy atom. The van der Waals surface area contributed by atoms with Gasteiger partial charge in [-0.3, -0.25) is 0 Å². The quantitative estimate of drug-likeness (QED) is 0.723. The number of rotatable bonds is 1. The van der Waals surface area contributed by atoms with Crippen LogP contribution in [-0.2, 0) is 5.33 Å². The van der Waals surface area contributed by atoms with Crippen LogP contribution in [0.25, 0.3) is 0 Å². The van der Waals surface area contributed by atoms with Crippen LogP contribution in [0.5, 0.6) is 0 Å². The van der Waals surface area contributed by atoms with Gasteiger partial charge in [0.25, 0.3) is 0 Å². The number of thiazole rings is 1. The highest BCUT2D eigenvalue weighted by Gasteiger charge is 1.99. The van der Waals surface area contributed by atoms with Crippen LogP contribution in [0.2, 0.25) is 0 Å². The predicted octanol–water partition coefficient (Wildman–Crippen LogP) is 3.23. The maximum Gasteiger partial charge on any atom is 0.104 e. The first-order valence-electron chi connectivity index (χ1n) is 2.73. The third-order valence-corrected chi connectivity index (χ3v) is 3.16. The maximum absolute atomic E-state index is 4.30. The minimum atomic E-state index is 0. The molecule has 0 amide bonds. The molecule has 0 aliphatic carbocycles. The van der Waals surface area contributed by atoms with Gasteiger partial charge in [-0.15, -0.1) is 28.3 Å². The summed E-state index contributed by atoms with van der Waals surface area (Å²) in [5, 5.41) is 2.05. The molecule has 0 spiro atoms. The van der Waals surface area contributed by atoms with Crippen molar-refractivity contribution in [1.82, 2.24) is 4.98 Å². The van der Waals surface area contributed by atoms with Crippen molar-refractivity contribution in [1.29, 1.82) is 0 Å². The van der Waals surface area contributed by atoms with Gasteiger partial charge in [0.1, 0.15) is 5.01 Å². The number of alkyl halides is 1. The first-order valence-corrected chi connectivity index (χ1v) is 4.66. The molecule has 0 aliphatic heterocycles. The van der Waals surface area contributed by atoms with E-state index in [4.69, 9.17) is 0 Å². The topological polar surface area (TPSA) is 12.9 Å². The van der Waals surface area contributed by atoms with Crippen LogP contribution in [0.4, 0.5) is 0 Å². The fourth-order valence-corrected chi connectivity index (χ4v) is 1.85. The Bertz CT molecular complexity index is 190. The van der Waals surface area contributed by atoms with Crippen molar-refractivity contribution in [2.24, 2.45) is 0 Å². The highest BCUT2D eigenvalue weighted by Crippen LogP contribution is 2.17. The normalized spacial score (nSPS) is 9.10. The summed E-state index contributed by atoms with van der Waals surface area (Å²) < 4.78 is 0. The van der Waals surface area contributed by atoms with Crippen LogP contribution in [0.3, 0.4) is 0 Å².